The standard InChI is InChI=1S/C22H27N3O3/c26-19(18-7-8-20-21(17-18)28-16-4-15-27-20)5-3-10-24-11-13-25(14-12-24)22-6-1-2-9-23-22/h1-2,4,6-9,15,17,19,26H,3,5,10-14,16H2. The Morgan fingerprint density at radius 3 is 2.79 bits per heavy atom. The average Bonchev–Trinajstić information content (AvgIpc) is 2.99. The van der Waals surface area contributed by atoms with Crippen LogP contribution in [0.1, 0.15) is 24.5 Å². The summed E-state index contributed by atoms with van der Waals surface area (Å²) in [5.74, 6) is 2.44. The maximum atomic E-state index is 10.6. The number of hydrogen-bond acceptors (Lipinski definition) is 6. The maximum absolute atomic E-state index is 10.6. The molecule has 1 aromatic heterocycles. The number of aliphatic hydroxyl groups is 1. The third-order valence-corrected chi connectivity index (χ3v) is 5.28. The van der Waals surface area contributed by atoms with Crippen molar-refractivity contribution in [3.05, 3.63) is 60.5 Å². The average molecular weight is 381 g/mol. The van der Waals surface area contributed by atoms with Crippen LogP contribution in [0.15, 0.2) is 54.9 Å². The molecule has 6 heteroatoms. The van der Waals surface area contributed by atoms with Gasteiger partial charge in [0.2, 0.25) is 0 Å². The molecule has 148 valence electrons. The Labute approximate surface area is 166 Å². The van der Waals surface area contributed by atoms with E-state index in [0.29, 0.717) is 18.1 Å². The summed E-state index contributed by atoms with van der Waals surface area (Å²) in [5, 5.41) is 10.6. The smallest absolute Gasteiger partial charge is 0.168 e. The molecule has 1 N–H and O–H groups in total. The van der Waals surface area contributed by atoms with Gasteiger partial charge in [-0.25, -0.2) is 4.98 Å². The Hall–Kier alpha value is -2.57. The molecule has 3 heterocycles. The Morgan fingerprint density at radius 2 is 1.96 bits per heavy atom. The van der Waals surface area contributed by atoms with Gasteiger partial charge in [0.25, 0.3) is 0 Å². The molecule has 0 aliphatic carbocycles. The lowest BCUT2D eigenvalue weighted by Gasteiger charge is -2.35. The SMILES string of the molecule is OC(CCCN1CCN(c2ccccn2)CC1)c1ccc2c(c1)OCC=CO2. The first kappa shape index (κ1) is 18.8. The zero-order chi connectivity index (χ0) is 19.2. The van der Waals surface area contributed by atoms with E-state index >= 15 is 0 Å². The first-order valence-electron chi connectivity index (χ1n) is 9.94. The van der Waals surface area contributed by atoms with E-state index in [-0.39, 0.29) is 0 Å². The van der Waals surface area contributed by atoms with Crippen molar-refractivity contribution in [1.82, 2.24) is 9.88 Å². The summed E-state index contributed by atoms with van der Waals surface area (Å²) in [6.45, 7) is 5.54. The van der Waals surface area contributed by atoms with Crippen molar-refractivity contribution < 1.29 is 14.6 Å². The summed E-state index contributed by atoms with van der Waals surface area (Å²) in [5.41, 5.74) is 0.879. The number of fused-ring (bicyclic) bond motifs is 1. The van der Waals surface area contributed by atoms with E-state index in [2.05, 4.69) is 20.9 Å². The molecule has 1 aromatic carbocycles. The zero-order valence-electron chi connectivity index (χ0n) is 16.0. The summed E-state index contributed by atoms with van der Waals surface area (Å²) in [4.78, 5) is 9.23. The van der Waals surface area contributed by atoms with E-state index in [9.17, 15) is 5.11 Å². The molecule has 2 aromatic rings. The molecular formula is C22H27N3O3. The van der Waals surface area contributed by atoms with Gasteiger partial charge in [0.1, 0.15) is 12.4 Å². The molecule has 0 saturated carbocycles. The second kappa shape index (κ2) is 9.08. The van der Waals surface area contributed by atoms with Crippen LogP contribution in [0.25, 0.3) is 0 Å². The monoisotopic (exact) mass is 381 g/mol. The highest BCUT2D eigenvalue weighted by Crippen LogP contribution is 2.33. The van der Waals surface area contributed by atoms with Crippen LogP contribution in [0.4, 0.5) is 5.82 Å². The second-order valence-corrected chi connectivity index (χ2v) is 7.18. The maximum Gasteiger partial charge on any atom is 0.168 e. The number of aromatic nitrogens is 1. The number of aliphatic hydroxyl groups excluding tert-OH is 1. The molecule has 2 aliphatic heterocycles. The Bertz CT molecular complexity index is 789. The lowest BCUT2D eigenvalue weighted by Crippen LogP contribution is -2.46. The number of ether oxygens (including phenoxy) is 2. The Kier molecular flexibility index (Phi) is 6.09. The fourth-order valence-electron chi connectivity index (χ4n) is 3.66. The number of rotatable bonds is 6. The van der Waals surface area contributed by atoms with Gasteiger partial charge in [0.05, 0.1) is 12.4 Å². The Balaban J connectivity index is 1.22. The number of benzene rings is 1. The molecule has 1 fully saturated rings. The third-order valence-electron chi connectivity index (χ3n) is 5.28. The van der Waals surface area contributed by atoms with Crippen LogP contribution in [0.2, 0.25) is 0 Å². The summed E-state index contributed by atoms with van der Waals surface area (Å²) in [7, 11) is 0. The highest BCUT2D eigenvalue weighted by molar-refractivity contribution is 5.44. The zero-order valence-corrected chi connectivity index (χ0v) is 16.0. The van der Waals surface area contributed by atoms with Crippen LogP contribution in [-0.4, -0.2) is 54.3 Å². The van der Waals surface area contributed by atoms with Crippen molar-refractivity contribution in [2.24, 2.45) is 0 Å². The number of nitrogens with zero attached hydrogens (tertiary/aromatic N) is 3. The third kappa shape index (κ3) is 4.64. The van der Waals surface area contributed by atoms with Crippen molar-refractivity contribution in [1.29, 1.82) is 0 Å². The van der Waals surface area contributed by atoms with E-state index in [4.69, 9.17) is 9.47 Å². The number of pyridine rings is 1. The molecule has 6 nitrogen and oxygen atoms in total. The molecular weight excluding hydrogens is 354 g/mol. The van der Waals surface area contributed by atoms with E-state index in [1.165, 1.54) is 0 Å². The van der Waals surface area contributed by atoms with Gasteiger partial charge in [0.15, 0.2) is 11.5 Å². The minimum absolute atomic E-state index is 0.483. The molecule has 0 radical (unpaired) electrons. The molecule has 2 aliphatic rings. The van der Waals surface area contributed by atoms with Gasteiger partial charge < -0.3 is 19.5 Å². The van der Waals surface area contributed by atoms with Gasteiger partial charge >= 0.3 is 0 Å². The van der Waals surface area contributed by atoms with Gasteiger partial charge in [-0.05, 0) is 55.3 Å². The Morgan fingerprint density at radius 1 is 1.07 bits per heavy atom. The quantitative estimate of drug-likeness (QED) is 0.830. The number of anilines is 1. The second-order valence-electron chi connectivity index (χ2n) is 7.18. The van der Waals surface area contributed by atoms with E-state index < -0.39 is 6.10 Å². The van der Waals surface area contributed by atoms with E-state index in [0.717, 1.165) is 56.9 Å². The van der Waals surface area contributed by atoms with Gasteiger partial charge in [-0.1, -0.05) is 12.1 Å². The summed E-state index contributed by atoms with van der Waals surface area (Å²) >= 11 is 0. The van der Waals surface area contributed by atoms with Crippen molar-refractivity contribution in [2.75, 3.05) is 44.2 Å². The molecule has 0 spiro atoms. The first-order valence-corrected chi connectivity index (χ1v) is 9.94. The van der Waals surface area contributed by atoms with Crippen LogP contribution < -0.4 is 14.4 Å². The largest absolute Gasteiger partial charge is 0.485 e. The van der Waals surface area contributed by atoms with Crippen molar-refractivity contribution in [2.45, 2.75) is 18.9 Å². The van der Waals surface area contributed by atoms with Crippen LogP contribution in [-0.2, 0) is 0 Å². The lowest BCUT2D eigenvalue weighted by atomic mass is 10.0. The molecule has 1 atom stereocenters. The molecule has 28 heavy (non-hydrogen) atoms. The van der Waals surface area contributed by atoms with Crippen molar-refractivity contribution in [3.63, 3.8) is 0 Å². The first-order chi connectivity index (χ1) is 13.8. The van der Waals surface area contributed by atoms with Crippen LogP contribution in [0.5, 0.6) is 11.5 Å². The predicted molar refractivity (Wildman–Crippen MR) is 109 cm³/mol. The normalized spacial score (nSPS) is 18.0. The fourth-order valence-corrected chi connectivity index (χ4v) is 3.66. The molecule has 4 rings (SSSR count). The van der Waals surface area contributed by atoms with Crippen LogP contribution in [0, 0.1) is 0 Å². The topological polar surface area (TPSA) is 58.1 Å². The number of hydrogen-bond donors (Lipinski definition) is 1. The van der Waals surface area contributed by atoms with Gasteiger partial charge in [-0.2, -0.15) is 0 Å². The summed E-state index contributed by atoms with van der Waals surface area (Å²) < 4.78 is 11.1. The lowest BCUT2D eigenvalue weighted by molar-refractivity contribution is 0.153. The highest BCUT2D eigenvalue weighted by atomic mass is 16.5. The summed E-state index contributed by atoms with van der Waals surface area (Å²) in [6.07, 6.45) is 6.51. The highest BCUT2D eigenvalue weighted by Gasteiger charge is 2.18. The van der Waals surface area contributed by atoms with E-state index in [1.54, 1.807) is 6.26 Å². The van der Waals surface area contributed by atoms with Gasteiger partial charge in [-0.3, -0.25) is 4.90 Å². The van der Waals surface area contributed by atoms with Crippen LogP contribution in [0.3, 0.4) is 0 Å². The minimum atomic E-state index is -0.486. The molecule has 1 saturated heterocycles. The van der Waals surface area contributed by atoms with E-state index in [1.807, 2.05) is 42.6 Å². The van der Waals surface area contributed by atoms with Gasteiger partial charge in [0, 0.05) is 32.4 Å². The molecule has 1 unspecified atom stereocenters. The number of piperazine rings is 1. The van der Waals surface area contributed by atoms with Crippen molar-refractivity contribution >= 4 is 5.82 Å². The summed E-state index contributed by atoms with van der Waals surface area (Å²) in [6, 6.07) is 11.7. The van der Waals surface area contributed by atoms with Crippen molar-refractivity contribution in [3.8, 4) is 11.5 Å². The minimum Gasteiger partial charge on any atom is -0.485 e. The van der Waals surface area contributed by atoms with Crippen LogP contribution >= 0.6 is 0 Å². The predicted octanol–water partition coefficient (Wildman–Crippen LogP) is 3.00. The fraction of sp³-hybridized carbons (Fsp3) is 0.409. The van der Waals surface area contributed by atoms with Gasteiger partial charge in [-0.15, -0.1) is 0 Å². The molecule has 0 bridgehead atoms. The molecule has 0 amide bonds.